The van der Waals surface area contributed by atoms with Crippen molar-refractivity contribution in [2.24, 2.45) is 7.05 Å². The maximum atomic E-state index is 13.0. The van der Waals surface area contributed by atoms with Gasteiger partial charge in [0.2, 0.25) is 5.91 Å². The highest BCUT2D eigenvalue weighted by molar-refractivity contribution is 5.92. The predicted octanol–water partition coefficient (Wildman–Crippen LogP) is 3.73. The zero-order valence-electron chi connectivity index (χ0n) is 18.1. The van der Waals surface area contributed by atoms with E-state index in [4.69, 9.17) is 4.98 Å². The molecule has 1 amide bonds. The molecule has 8 heteroatoms. The van der Waals surface area contributed by atoms with Crippen LogP contribution in [-0.2, 0) is 11.8 Å². The average Bonchev–Trinajstić information content (AvgIpc) is 3.17. The Hall–Kier alpha value is -3.55. The third kappa shape index (κ3) is 5.14. The zero-order valence-corrected chi connectivity index (χ0v) is 18.1. The third-order valence-corrected chi connectivity index (χ3v) is 5.24. The van der Waals surface area contributed by atoms with Gasteiger partial charge in [0, 0.05) is 48.9 Å². The Bertz CT molecular complexity index is 1100. The first kappa shape index (κ1) is 20.7. The van der Waals surface area contributed by atoms with Gasteiger partial charge >= 0.3 is 0 Å². The van der Waals surface area contributed by atoms with E-state index in [0.29, 0.717) is 18.2 Å². The molecule has 4 rings (SSSR count). The fraction of sp³-hybridized carbons (Fsp3) is 0.348. The second-order valence-corrected chi connectivity index (χ2v) is 7.87. The van der Waals surface area contributed by atoms with Crippen molar-refractivity contribution in [1.82, 2.24) is 29.6 Å². The summed E-state index contributed by atoms with van der Waals surface area (Å²) in [7, 11) is 1.85. The molecule has 3 aromatic heterocycles. The summed E-state index contributed by atoms with van der Waals surface area (Å²) >= 11 is 0. The number of hydrogen-bond acceptors (Lipinski definition) is 6. The van der Waals surface area contributed by atoms with E-state index >= 15 is 0 Å². The second kappa shape index (κ2) is 9.07. The van der Waals surface area contributed by atoms with Crippen molar-refractivity contribution in [2.75, 3.05) is 11.9 Å². The van der Waals surface area contributed by atoms with E-state index in [1.807, 2.05) is 56.3 Å². The van der Waals surface area contributed by atoms with Gasteiger partial charge in [-0.05, 0) is 51.3 Å². The summed E-state index contributed by atoms with van der Waals surface area (Å²) in [6.07, 6.45) is 9.89. The molecule has 0 spiro atoms. The monoisotopic (exact) mass is 417 g/mol. The molecule has 0 radical (unpaired) electrons. The molecule has 1 unspecified atom stereocenters. The second-order valence-electron chi connectivity index (χ2n) is 7.87. The summed E-state index contributed by atoms with van der Waals surface area (Å²) in [5.41, 5.74) is 2.68. The van der Waals surface area contributed by atoms with E-state index in [2.05, 4.69) is 20.4 Å². The molecule has 160 valence electrons. The number of rotatable bonds is 5. The van der Waals surface area contributed by atoms with Gasteiger partial charge in [-0.3, -0.25) is 9.48 Å². The van der Waals surface area contributed by atoms with Gasteiger partial charge in [0.15, 0.2) is 5.82 Å². The van der Waals surface area contributed by atoms with E-state index in [1.54, 1.807) is 23.0 Å². The van der Waals surface area contributed by atoms with Crippen molar-refractivity contribution in [3.8, 4) is 0 Å². The van der Waals surface area contributed by atoms with Crippen molar-refractivity contribution in [3.63, 3.8) is 0 Å². The first-order valence-electron chi connectivity index (χ1n) is 10.5. The van der Waals surface area contributed by atoms with E-state index in [9.17, 15) is 4.79 Å². The largest absolute Gasteiger partial charge is 0.329 e. The summed E-state index contributed by atoms with van der Waals surface area (Å²) in [4.78, 5) is 28.8. The van der Waals surface area contributed by atoms with Crippen LogP contribution in [0.4, 0.5) is 11.6 Å². The number of aryl methyl sites for hydroxylation is 3. The minimum atomic E-state index is -0.147. The minimum Gasteiger partial charge on any atom is -0.329 e. The fourth-order valence-electron chi connectivity index (χ4n) is 3.80. The molecule has 8 nitrogen and oxygen atoms in total. The number of hydrogen-bond donors (Lipinski definition) is 1. The Labute approximate surface area is 182 Å². The van der Waals surface area contributed by atoms with Crippen LogP contribution in [0.25, 0.3) is 6.08 Å². The average molecular weight is 418 g/mol. The normalized spacial score (nSPS) is 16.6. The molecular weight excluding hydrogens is 390 g/mol. The molecule has 3 aromatic rings. The lowest BCUT2D eigenvalue weighted by atomic mass is 10.0. The van der Waals surface area contributed by atoms with Crippen LogP contribution in [0.1, 0.15) is 48.1 Å². The fourth-order valence-corrected chi connectivity index (χ4v) is 3.80. The molecule has 4 heterocycles. The predicted molar refractivity (Wildman–Crippen MR) is 120 cm³/mol. The number of carbonyl (C=O) groups is 1. The van der Waals surface area contributed by atoms with E-state index in [1.165, 1.54) is 0 Å². The third-order valence-electron chi connectivity index (χ3n) is 5.24. The quantitative estimate of drug-likeness (QED) is 0.636. The lowest BCUT2D eigenvalue weighted by molar-refractivity contribution is -0.129. The first-order valence-corrected chi connectivity index (χ1v) is 10.5. The standard InChI is InChI=1S/C23H27N7O/c1-16-7-6-9-20(25-16)27-21-13-17(2)26-23(28-21)19-8-4-5-12-30(19)22(31)11-10-18-14-24-29(3)15-18/h6-7,9-11,13-15,19H,4-5,8,12H2,1-3H3,(H,25,26,27,28)/b11-10+. The van der Waals surface area contributed by atoms with Crippen molar-refractivity contribution < 1.29 is 4.79 Å². The molecule has 0 saturated carbocycles. The van der Waals surface area contributed by atoms with Crippen molar-refractivity contribution in [3.05, 3.63) is 65.5 Å². The van der Waals surface area contributed by atoms with Crippen LogP contribution in [0.5, 0.6) is 0 Å². The van der Waals surface area contributed by atoms with Crippen LogP contribution in [0.2, 0.25) is 0 Å². The van der Waals surface area contributed by atoms with Crippen molar-refractivity contribution in [2.45, 2.75) is 39.2 Å². The van der Waals surface area contributed by atoms with Crippen molar-refractivity contribution in [1.29, 1.82) is 0 Å². The summed E-state index contributed by atoms with van der Waals surface area (Å²) in [5.74, 6) is 2.05. The maximum Gasteiger partial charge on any atom is 0.247 e. The van der Waals surface area contributed by atoms with Crippen LogP contribution in [-0.4, -0.2) is 42.1 Å². The van der Waals surface area contributed by atoms with Gasteiger partial charge in [-0.25, -0.2) is 15.0 Å². The number of amides is 1. The Morgan fingerprint density at radius 3 is 2.77 bits per heavy atom. The lowest BCUT2D eigenvalue weighted by Crippen LogP contribution is -2.38. The van der Waals surface area contributed by atoms with Crippen molar-refractivity contribution >= 4 is 23.6 Å². The van der Waals surface area contributed by atoms with Crippen LogP contribution >= 0.6 is 0 Å². The zero-order chi connectivity index (χ0) is 21.8. The first-order chi connectivity index (χ1) is 15.0. The van der Waals surface area contributed by atoms with Gasteiger partial charge < -0.3 is 10.2 Å². The van der Waals surface area contributed by atoms with Gasteiger partial charge in [0.25, 0.3) is 0 Å². The Kier molecular flexibility index (Phi) is 6.06. The molecule has 1 aliphatic rings. The summed E-state index contributed by atoms with van der Waals surface area (Å²) in [5, 5.41) is 7.41. The van der Waals surface area contributed by atoms with Crippen LogP contribution in [0.15, 0.2) is 42.7 Å². The smallest absolute Gasteiger partial charge is 0.247 e. The van der Waals surface area contributed by atoms with E-state index in [-0.39, 0.29) is 11.9 Å². The number of pyridine rings is 1. The van der Waals surface area contributed by atoms with Gasteiger partial charge in [-0.1, -0.05) is 6.07 Å². The number of nitrogens with one attached hydrogen (secondary N) is 1. The van der Waals surface area contributed by atoms with Gasteiger partial charge in [-0.15, -0.1) is 0 Å². The summed E-state index contributed by atoms with van der Waals surface area (Å²) < 4.78 is 1.71. The van der Waals surface area contributed by atoms with E-state index < -0.39 is 0 Å². The molecule has 1 N–H and O–H groups in total. The molecule has 31 heavy (non-hydrogen) atoms. The molecule has 1 saturated heterocycles. The van der Waals surface area contributed by atoms with Crippen LogP contribution in [0.3, 0.4) is 0 Å². The molecule has 0 aromatic carbocycles. The van der Waals surface area contributed by atoms with E-state index in [0.717, 1.165) is 42.0 Å². The maximum absolute atomic E-state index is 13.0. The SMILES string of the molecule is Cc1cccc(Nc2cc(C)nc(C3CCCCN3C(=O)/C=C/c3cnn(C)c3)n2)n1. The number of nitrogens with zero attached hydrogens (tertiary/aromatic N) is 6. The number of carbonyl (C=O) groups excluding carboxylic acids is 1. The molecule has 1 atom stereocenters. The van der Waals surface area contributed by atoms with Gasteiger partial charge in [-0.2, -0.15) is 5.10 Å². The van der Waals surface area contributed by atoms with Crippen LogP contribution < -0.4 is 5.32 Å². The highest BCUT2D eigenvalue weighted by Gasteiger charge is 2.29. The van der Waals surface area contributed by atoms with Crippen LogP contribution in [0, 0.1) is 13.8 Å². The number of aromatic nitrogens is 5. The van der Waals surface area contributed by atoms with Gasteiger partial charge in [0.1, 0.15) is 11.6 Å². The highest BCUT2D eigenvalue weighted by Crippen LogP contribution is 2.30. The Morgan fingerprint density at radius 1 is 1.13 bits per heavy atom. The minimum absolute atomic E-state index is 0.0338. The molecule has 0 bridgehead atoms. The molecule has 1 fully saturated rings. The number of piperidine rings is 1. The molecular formula is C23H27N7O. The number of anilines is 2. The number of likely N-dealkylation sites (tertiary alicyclic amines) is 1. The summed E-state index contributed by atoms with van der Waals surface area (Å²) in [6, 6.07) is 7.56. The topological polar surface area (TPSA) is 88.8 Å². The Balaban J connectivity index is 1.56. The molecule has 1 aliphatic heterocycles. The summed E-state index contributed by atoms with van der Waals surface area (Å²) in [6.45, 7) is 4.59. The highest BCUT2D eigenvalue weighted by atomic mass is 16.2. The van der Waals surface area contributed by atoms with Gasteiger partial charge in [0.05, 0.1) is 12.2 Å². The Morgan fingerprint density at radius 2 is 2.00 bits per heavy atom. The molecule has 0 aliphatic carbocycles. The lowest BCUT2D eigenvalue weighted by Gasteiger charge is -2.34.